The molecule has 0 spiro atoms. The Bertz CT molecular complexity index is 506. The maximum absolute atomic E-state index is 4.38. The summed E-state index contributed by atoms with van der Waals surface area (Å²) in [4.78, 5) is 8.77. The van der Waals surface area contributed by atoms with Gasteiger partial charge in [0, 0.05) is 17.9 Å². The first-order valence-corrected chi connectivity index (χ1v) is 7.49. The number of aromatic nitrogens is 4. The third kappa shape index (κ3) is 3.64. The molecule has 96 valence electrons. The van der Waals surface area contributed by atoms with E-state index in [2.05, 4.69) is 25.5 Å². The van der Waals surface area contributed by atoms with Crippen LogP contribution in [0.5, 0.6) is 0 Å². The van der Waals surface area contributed by atoms with Crippen molar-refractivity contribution >= 4 is 28.2 Å². The van der Waals surface area contributed by atoms with Crippen LogP contribution in [0.2, 0.25) is 0 Å². The van der Waals surface area contributed by atoms with Gasteiger partial charge < -0.3 is 5.32 Å². The van der Waals surface area contributed by atoms with Crippen molar-refractivity contribution in [2.75, 3.05) is 11.9 Å². The van der Waals surface area contributed by atoms with Crippen LogP contribution in [0.3, 0.4) is 0 Å². The average Bonchev–Trinajstić information content (AvgIpc) is 2.74. The molecule has 0 amide bonds. The summed E-state index contributed by atoms with van der Waals surface area (Å²) in [5, 5.41) is 14.0. The van der Waals surface area contributed by atoms with Crippen LogP contribution < -0.4 is 5.32 Å². The van der Waals surface area contributed by atoms with Crippen LogP contribution in [0.25, 0.3) is 0 Å². The minimum atomic E-state index is 0.756. The minimum absolute atomic E-state index is 0.756. The van der Waals surface area contributed by atoms with E-state index in [1.165, 1.54) is 0 Å². The van der Waals surface area contributed by atoms with Crippen molar-refractivity contribution in [3.05, 3.63) is 22.5 Å². The number of thioether (sulfide) groups is 1. The van der Waals surface area contributed by atoms with Crippen LogP contribution in [0, 0.1) is 13.8 Å². The molecule has 2 aromatic heterocycles. The highest BCUT2D eigenvalue weighted by atomic mass is 32.2. The molecule has 0 aliphatic rings. The normalized spacial score (nSPS) is 10.6. The quantitative estimate of drug-likeness (QED) is 0.671. The van der Waals surface area contributed by atoms with Crippen molar-refractivity contribution in [1.82, 2.24) is 20.2 Å². The lowest BCUT2D eigenvalue weighted by Gasteiger charge is -2.00. The maximum Gasteiger partial charge on any atom is 0.205 e. The Morgan fingerprint density at radius 3 is 2.61 bits per heavy atom. The molecule has 0 bridgehead atoms. The first kappa shape index (κ1) is 13.2. The second kappa shape index (κ2) is 6.10. The lowest BCUT2D eigenvalue weighted by Crippen LogP contribution is -1.94. The monoisotopic (exact) mass is 281 g/mol. The van der Waals surface area contributed by atoms with Gasteiger partial charge in [0.15, 0.2) is 5.16 Å². The van der Waals surface area contributed by atoms with Crippen molar-refractivity contribution in [3.8, 4) is 0 Å². The molecule has 0 saturated heterocycles. The standard InChI is InChI=1S/C11H15N5S2/c1-4-12-10-16-15-9(18-10)6-17-11-13-7(2)5-8(3)14-11/h5H,4,6H2,1-3H3,(H,12,16). The van der Waals surface area contributed by atoms with Gasteiger partial charge in [-0.05, 0) is 26.8 Å². The fourth-order valence-electron chi connectivity index (χ4n) is 1.42. The molecule has 0 atom stereocenters. The zero-order valence-corrected chi connectivity index (χ0v) is 12.2. The van der Waals surface area contributed by atoms with E-state index >= 15 is 0 Å². The Morgan fingerprint density at radius 1 is 1.22 bits per heavy atom. The molecule has 2 rings (SSSR count). The summed E-state index contributed by atoms with van der Waals surface area (Å²) in [5.74, 6) is 0.756. The van der Waals surface area contributed by atoms with E-state index in [9.17, 15) is 0 Å². The van der Waals surface area contributed by atoms with Gasteiger partial charge in [-0.15, -0.1) is 10.2 Å². The second-order valence-corrected chi connectivity index (χ2v) is 5.76. The fraction of sp³-hybridized carbons (Fsp3) is 0.455. The molecule has 0 aliphatic carbocycles. The van der Waals surface area contributed by atoms with E-state index in [0.717, 1.165) is 39.0 Å². The molecule has 0 aromatic carbocycles. The molecule has 18 heavy (non-hydrogen) atoms. The molecule has 0 aliphatic heterocycles. The first-order valence-electron chi connectivity index (χ1n) is 5.68. The van der Waals surface area contributed by atoms with Crippen molar-refractivity contribution in [3.63, 3.8) is 0 Å². The molecular formula is C11H15N5S2. The van der Waals surface area contributed by atoms with E-state index in [-0.39, 0.29) is 0 Å². The predicted octanol–water partition coefficient (Wildman–Crippen LogP) is 2.67. The fourth-order valence-corrected chi connectivity index (χ4v) is 3.16. The summed E-state index contributed by atoms with van der Waals surface area (Å²) in [5.41, 5.74) is 1.99. The molecule has 7 heteroatoms. The van der Waals surface area contributed by atoms with E-state index < -0.39 is 0 Å². The van der Waals surface area contributed by atoms with Crippen LogP contribution in [0.4, 0.5) is 5.13 Å². The van der Waals surface area contributed by atoms with E-state index in [0.29, 0.717) is 0 Å². The highest BCUT2D eigenvalue weighted by Crippen LogP contribution is 2.23. The largest absolute Gasteiger partial charge is 0.360 e. The van der Waals surface area contributed by atoms with Crippen LogP contribution in [-0.2, 0) is 5.75 Å². The van der Waals surface area contributed by atoms with Gasteiger partial charge >= 0.3 is 0 Å². The van der Waals surface area contributed by atoms with Crippen molar-refractivity contribution in [2.24, 2.45) is 0 Å². The molecule has 5 nitrogen and oxygen atoms in total. The Labute approximate surface area is 114 Å². The number of aryl methyl sites for hydroxylation is 2. The average molecular weight is 281 g/mol. The number of nitrogens with one attached hydrogen (secondary N) is 1. The minimum Gasteiger partial charge on any atom is -0.360 e. The van der Waals surface area contributed by atoms with Gasteiger partial charge in [0.1, 0.15) is 5.01 Å². The lowest BCUT2D eigenvalue weighted by molar-refractivity contribution is 0.901. The molecular weight excluding hydrogens is 266 g/mol. The summed E-state index contributed by atoms with van der Waals surface area (Å²) in [6.45, 7) is 6.86. The second-order valence-electron chi connectivity index (χ2n) is 3.75. The van der Waals surface area contributed by atoms with E-state index in [1.54, 1.807) is 23.1 Å². The van der Waals surface area contributed by atoms with Crippen LogP contribution in [-0.4, -0.2) is 26.7 Å². The van der Waals surface area contributed by atoms with Crippen molar-refractivity contribution < 1.29 is 0 Å². The van der Waals surface area contributed by atoms with E-state index in [1.807, 2.05) is 26.8 Å². The maximum atomic E-state index is 4.38. The predicted molar refractivity (Wildman–Crippen MR) is 75.1 cm³/mol. The first-order chi connectivity index (χ1) is 8.67. The van der Waals surface area contributed by atoms with Crippen LogP contribution in [0.15, 0.2) is 11.2 Å². The Hall–Kier alpha value is -1.21. The summed E-state index contributed by atoms with van der Waals surface area (Å²) >= 11 is 3.17. The van der Waals surface area contributed by atoms with Gasteiger partial charge in [-0.3, -0.25) is 0 Å². The zero-order valence-electron chi connectivity index (χ0n) is 10.6. The molecule has 0 unspecified atom stereocenters. The Kier molecular flexibility index (Phi) is 4.48. The molecule has 0 fully saturated rings. The number of nitrogens with zero attached hydrogens (tertiary/aromatic N) is 4. The third-order valence-corrected chi connectivity index (χ3v) is 4.00. The summed E-state index contributed by atoms with van der Waals surface area (Å²) in [6.07, 6.45) is 0. The summed E-state index contributed by atoms with van der Waals surface area (Å²) in [7, 11) is 0. The highest BCUT2D eigenvalue weighted by molar-refractivity contribution is 7.98. The van der Waals surface area contributed by atoms with Gasteiger partial charge in [-0.1, -0.05) is 23.1 Å². The van der Waals surface area contributed by atoms with Gasteiger partial charge in [0.05, 0.1) is 5.75 Å². The molecule has 0 radical (unpaired) electrons. The molecule has 1 N–H and O–H groups in total. The number of hydrogen-bond acceptors (Lipinski definition) is 7. The Morgan fingerprint density at radius 2 is 1.94 bits per heavy atom. The van der Waals surface area contributed by atoms with Gasteiger partial charge in [0.25, 0.3) is 0 Å². The number of rotatable bonds is 5. The molecule has 0 saturated carbocycles. The topological polar surface area (TPSA) is 63.6 Å². The smallest absolute Gasteiger partial charge is 0.205 e. The van der Waals surface area contributed by atoms with Crippen molar-refractivity contribution in [2.45, 2.75) is 31.7 Å². The Balaban J connectivity index is 1.97. The van der Waals surface area contributed by atoms with Gasteiger partial charge in [0.2, 0.25) is 5.13 Å². The number of hydrogen-bond donors (Lipinski definition) is 1. The summed E-state index contributed by atoms with van der Waals surface area (Å²) in [6, 6.07) is 1.97. The van der Waals surface area contributed by atoms with Crippen LogP contribution >= 0.6 is 23.1 Å². The number of anilines is 1. The van der Waals surface area contributed by atoms with E-state index in [4.69, 9.17) is 0 Å². The summed E-state index contributed by atoms with van der Waals surface area (Å²) < 4.78 is 0. The zero-order chi connectivity index (χ0) is 13.0. The molecule has 2 heterocycles. The van der Waals surface area contributed by atoms with Crippen molar-refractivity contribution in [1.29, 1.82) is 0 Å². The van der Waals surface area contributed by atoms with Gasteiger partial charge in [-0.25, -0.2) is 9.97 Å². The lowest BCUT2D eigenvalue weighted by atomic mass is 10.4. The highest BCUT2D eigenvalue weighted by Gasteiger charge is 2.06. The third-order valence-electron chi connectivity index (χ3n) is 2.08. The van der Waals surface area contributed by atoms with Gasteiger partial charge in [-0.2, -0.15) is 0 Å². The molecule has 2 aromatic rings. The van der Waals surface area contributed by atoms with Crippen LogP contribution in [0.1, 0.15) is 23.3 Å². The SMILES string of the molecule is CCNc1nnc(CSc2nc(C)cc(C)n2)s1.